The lowest BCUT2D eigenvalue weighted by Crippen LogP contribution is -2.54. The summed E-state index contributed by atoms with van der Waals surface area (Å²) in [6.45, 7) is 5.00. The summed E-state index contributed by atoms with van der Waals surface area (Å²) >= 11 is 0. The lowest BCUT2D eigenvalue weighted by molar-refractivity contribution is 0.195. The van der Waals surface area contributed by atoms with E-state index in [1.54, 1.807) is 0 Å². The Morgan fingerprint density at radius 3 is 1.98 bits per heavy atom. The van der Waals surface area contributed by atoms with Crippen molar-refractivity contribution in [3.8, 4) is 11.1 Å². The molecule has 0 radical (unpaired) electrons. The second kappa shape index (κ2) is 11.9. The first-order valence-corrected chi connectivity index (χ1v) is 19.9. The highest BCUT2D eigenvalue weighted by Gasteiger charge is 2.57. The van der Waals surface area contributed by atoms with Crippen molar-refractivity contribution in [1.82, 2.24) is 0 Å². The topological polar surface area (TPSA) is 16.4 Å². The van der Waals surface area contributed by atoms with Crippen LogP contribution >= 0.6 is 0 Å². The Hall–Kier alpha value is -6.12. The van der Waals surface area contributed by atoms with Crippen molar-refractivity contribution in [1.29, 1.82) is 0 Å². The molecule has 0 spiro atoms. The molecule has 1 saturated carbocycles. The molecule has 0 bridgehead atoms. The predicted molar refractivity (Wildman–Crippen MR) is 229 cm³/mol. The maximum Gasteiger partial charge on any atom is 0.143 e. The van der Waals surface area contributed by atoms with Gasteiger partial charge in [-0.1, -0.05) is 165 Å². The molecule has 2 heterocycles. The van der Waals surface area contributed by atoms with Gasteiger partial charge in [0.05, 0.1) is 11.0 Å². The first kappa shape index (κ1) is 32.3. The third kappa shape index (κ3) is 4.37. The van der Waals surface area contributed by atoms with Crippen LogP contribution in [-0.4, -0.2) is 5.54 Å². The molecule has 2 nitrogen and oxygen atoms in total. The zero-order valence-electron chi connectivity index (χ0n) is 31.4. The molecular weight excluding hydrogens is 667 g/mol. The van der Waals surface area contributed by atoms with Crippen molar-refractivity contribution >= 4 is 45.5 Å². The SMILES string of the molecule is CC12CCCCC1(C)N(c1ccc(/C=C/c3cc4c(c5c3oc3ccccc35)-c3ccccc3C4(c3ccccc3)c3ccccc3)cc1)c1ccccc12. The molecule has 0 N–H and O–H groups in total. The smallest absolute Gasteiger partial charge is 0.143 e. The summed E-state index contributed by atoms with van der Waals surface area (Å²) in [4.78, 5) is 2.65. The number of hydrogen-bond acceptors (Lipinski definition) is 2. The van der Waals surface area contributed by atoms with Gasteiger partial charge in [-0.25, -0.2) is 0 Å². The summed E-state index contributed by atoms with van der Waals surface area (Å²) < 4.78 is 6.82. The van der Waals surface area contributed by atoms with Crippen LogP contribution in [0.1, 0.15) is 78.5 Å². The molecular formula is C53H43NO. The van der Waals surface area contributed by atoms with E-state index in [2.05, 4.69) is 195 Å². The minimum atomic E-state index is -0.499. The van der Waals surface area contributed by atoms with Crippen LogP contribution in [-0.2, 0) is 10.8 Å². The van der Waals surface area contributed by atoms with Crippen molar-refractivity contribution in [3.63, 3.8) is 0 Å². The van der Waals surface area contributed by atoms with Gasteiger partial charge in [-0.15, -0.1) is 0 Å². The molecule has 2 heteroatoms. The quantitative estimate of drug-likeness (QED) is 0.165. The largest absolute Gasteiger partial charge is 0.455 e. The Labute approximate surface area is 323 Å². The van der Waals surface area contributed by atoms with Gasteiger partial charge in [0.25, 0.3) is 0 Å². The maximum atomic E-state index is 6.82. The number of furan rings is 1. The monoisotopic (exact) mass is 709 g/mol. The van der Waals surface area contributed by atoms with E-state index >= 15 is 0 Å². The second-order valence-electron chi connectivity index (χ2n) is 16.3. The Morgan fingerprint density at radius 2 is 1.22 bits per heavy atom. The van der Waals surface area contributed by atoms with Crippen molar-refractivity contribution in [2.45, 2.75) is 55.9 Å². The molecule has 0 amide bonds. The number of hydrogen-bond donors (Lipinski definition) is 0. The number of para-hydroxylation sites is 2. The molecule has 1 aliphatic heterocycles. The standard InChI is InChI=1S/C53H43NO/c1-51-33-15-16-34-52(51,2)54(46-25-13-12-24-44(46)51)40-31-28-36(29-32-40)27-30-37-35-45-48(49-42-22-10-14-26-47(42)55-50(37)49)41-21-9-11-23-43(41)53(45,38-17-5-3-6-18-38)39-19-7-4-8-20-39/h3-14,17-32,35H,15-16,33-34H2,1-2H3/b30-27+. The molecule has 2 unspecified atom stereocenters. The lowest BCUT2D eigenvalue weighted by Gasteiger charge is -2.50. The number of anilines is 2. The van der Waals surface area contributed by atoms with Crippen LogP contribution in [0.2, 0.25) is 0 Å². The molecule has 2 atom stereocenters. The van der Waals surface area contributed by atoms with Gasteiger partial charge in [0, 0.05) is 33.1 Å². The van der Waals surface area contributed by atoms with E-state index in [0.717, 1.165) is 22.1 Å². The molecule has 0 saturated heterocycles. The van der Waals surface area contributed by atoms with Crippen LogP contribution in [0.4, 0.5) is 11.4 Å². The van der Waals surface area contributed by atoms with Gasteiger partial charge in [0.1, 0.15) is 11.2 Å². The molecule has 3 aliphatic rings. The first-order valence-electron chi connectivity index (χ1n) is 19.9. The van der Waals surface area contributed by atoms with E-state index in [9.17, 15) is 0 Å². The van der Waals surface area contributed by atoms with Gasteiger partial charge >= 0.3 is 0 Å². The van der Waals surface area contributed by atoms with Gasteiger partial charge in [0.15, 0.2) is 0 Å². The summed E-state index contributed by atoms with van der Waals surface area (Å²) in [5.74, 6) is 0. The van der Waals surface area contributed by atoms with Gasteiger partial charge in [-0.05, 0) is 94.6 Å². The molecule has 2 aliphatic carbocycles. The predicted octanol–water partition coefficient (Wildman–Crippen LogP) is 13.9. The Balaban J connectivity index is 1.09. The van der Waals surface area contributed by atoms with Crippen LogP contribution in [0.15, 0.2) is 168 Å². The van der Waals surface area contributed by atoms with E-state index in [4.69, 9.17) is 4.42 Å². The fourth-order valence-electron chi connectivity index (χ4n) is 11.0. The van der Waals surface area contributed by atoms with Crippen molar-refractivity contribution < 1.29 is 4.42 Å². The zero-order chi connectivity index (χ0) is 36.8. The van der Waals surface area contributed by atoms with Crippen LogP contribution in [0.5, 0.6) is 0 Å². The Kier molecular flexibility index (Phi) is 7.02. The number of nitrogens with zero attached hydrogens (tertiary/aromatic N) is 1. The van der Waals surface area contributed by atoms with Gasteiger partial charge in [-0.3, -0.25) is 0 Å². The van der Waals surface area contributed by atoms with Crippen LogP contribution in [0, 0.1) is 0 Å². The van der Waals surface area contributed by atoms with Gasteiger partial charge < -0.3 is 9.32 Å². The van der Waals surface area contributed by atoms with Crippen molar-refractivity contribution in [3.05, 3.63) is 203 Å². The van der Waals surface area contributed by atoms with Crippen molar-refractivity contribution in [2.75, 3.05) is 4.90 Å². The summed E-state index contributed by atoms with van der Waals surface area (Å²) in [6.07, 6.45) is 9.53. The first-order chi connectivity index (χ1) is 27.0. The van der Waals surface area contributed by atoms with Crippen molar-refractivity contribution in [2.24, 2.45) is 0 Å². The minimum absolute atomic E-state index is 0.0468. The van der Waals surface area contributed by atoms with E-state index in [1.807, 2.05) is 0 Å². The van der Waals surface area contributed by atoms with Crippen LogP contribution in [0.25, 0.3) is 45.2 Å². The number of rotatable bonds is 5. The zero-order valence-corrected chi connectivity index (χ0v) is 31.4. The summed E-state index contributed by atoms with van der Waals surface area (Å²) in [5.41, 5.74) is 15.5. The maximum absolute atomic E-state index is 6.82. The minimum Gasteiger partial charge on any atom is -0.455 e. The Morgan fingerprint density at radius 1 is 0.582 bits per heavy atom. The molecule has 8 aromatic rings. The number of benzene rings is 7. The van der Waals surface area contributed by atoms with Crippen LogP contribution in [0.3, 0.4) is 0 Å². The third-order valence-electron chi connectivity index (χ3n) is 13.7. The summed E-state index contributed by atoms with van der Waals surface area (Å²) in [6, 6.07) is 60.4. The van der Waals surface area contributed by atoms with E-state index in [-0.39, 0.29) is 11.0 Å². The van der Waals surface area contributed by atoms with Crippen LogP contribution < -0.4 is 4.90 Å². The normalized spacial score (nSPS) is 20.8. The van der Waals surface area contributed by atoms with Gasteiger partial charge in [-0.2, -0.15) is 0 Å². The highest BCUT2D eigenvalue weighted by atomic mass is 16.3. The fourth-order valence-corrected chi connectivity index (χ4v) is 11.0. The van der Waals surface area contributed by atoms with Gasteiger partial charge in [0.2, 0.25) is 0 Å². The average Bonchev–Trinajstić information content (AvgIpc) is 3.83. The molecule has 11 rings (SSSR count). The van der Waals surface area contributed by atoms with E-state index in [0.29, 0.717) is 0 Å². The molecule has 266 valence electrons. The second-order valence-corrected chi connectivity index (χ2v) is 16.3. The molecule has 1 aromatic heterocycles. The van der Waals surface area contributed by atoms with E-state index in [1.165, 1.54) is 87.0 Å². The highest BCUT2D eigenvalue weighted by molar-refractivity contribution is 6.17. The highest BCUT2D eigenvalue weighted by Crippen LogP contribution is 2.61. The summed E-state index contributed by atoms with van der Waals surface area (Å²) in [5, 5.41) is 2.33. The average molecular weight is 710 g/mol. The Bertz CT molecular complexity index is 2750. The number of fused-ring (bicyclic) bond motifs is 10. The summed E-state index contributed by atoms with van der Waals surface area (Å²) in [7, 11) is 0. The fraction of sp³-hybridized carbons (Fsp3) is 0.170. The van der Waals surface area contributed by atoms with E-state index < -0.39 is 5.41 Å². The molecule has 7 aromatic carbocycles. The molecule has 1 fully saturated rings. The lowest BCUT2D eigenvalue weighted by atomic mass is 9.61. The molecule has 55 heavy (non-hydrogen) atoms. The third-order valence-corrected chi connectivity index (χ3v) is 13.7.